The van der Waals surface area contributed by atoms with Crippen LogP contribution in [-0.2, 0) is 6.54 Å². The first-order valence-corrected chi connectivity index (χ1v) is 9.25. The minimum Gasteiger partial charge on any atom is -0.494 e. The van der Waals surface area contributed by atoms with Gasteiger partial charge < -0.3 is 24.5 Å². The molecule has 2 N–H and O–H groups in total. The van der Waals surface area contributed by atoms with E-state index in [1.807, 2.05) is 45.3 Å². The van der Waals surface area contributed by atoms with Crippen LogP contribution in [0, 0.1) is 0 Å². The Kier molecular flexibility index (Phi) is 5.90. The fourth-order valence-corrected chi connectivity index (χ4v) is 3.31. The molecule has 6 heteroatoms. The molecule has 0 bridgehead atoms. The molecule has 1 aromatic heterocycles. The molecule has 148 valence electrons. The van der Waals surface area contributed by atoms with Crippen molar-refractivity contribution in [3.8, 4) is 17.4 Å². The summed E-state index contributed by atoms with van der Waals surface area (Å²) in [5.74, 6) is 1.31. The summed E-state index contributed by atoms with van der Waals surface area (Å²) in [4.78, 5) is 9.94. The SMILES string of the molecule is CCC(=Nc1ccc(CN(C)C)cc1)c1c(O)[nH]c2cc(OC)c(OC)cc12. The second-order valence-electron chi connectivity index (χ2n) is 6.92. The summed E-state index contributed by atoms with van der Waals surface area (Å²) in [6.07, 6.45) is 0.675. The van der Waals surface area contributed by atoms with Gasteiger partial charge in [0.25, 0.3) is 0 Å². The van der Waals surface area contributed by atoms with Crippen molar-refractivity contribution in [1.82, 2.24) is 9.88 Å². The molecule has 1 heterocycles. The average molecular weight is 381 g/mol. The van der Waals surface area contributed by atoms with Crippen molar-refractivity contribution in [1.29, 1.82) is 0 Å². The summed E-state index contributed by atoms with van der Waals surface area (Å²) in [6.45, 7) is 2.91. The van der Waals surface area contributed by atoms with E-state index >= 15 is 0 Å². The molecule has 0 unspecified atom stereocenters. The molecule has 0 spiro atoms. The van der Waals surface area contributed by atoms with E-state index in [0.717, 1.165) is 28.8 Å². The van der Waals surface area contributed by atoms with Gasteiger partial charge in [0.15, 0.2) is 17.4 Å². The first-order valence-electron chi connectivity index (χ1n) is 9.25. The van der Waals surface area contributed by atoms with E-state index in [-0.39, 0.29) is 5.88 Å². The highest BCUT2D eigenvalue weighted by atomic mass is 16.5. The molecule has 3 aromatic rings. The van der Waals surface area contributed by atoms with Gasteiger partial charge >= 0.3 is 0 Å². The third-order valence-corrected chi connectivity index (χ3v) is 4.61. The summed E-state index contributed by atoms with van der Waals surface area (Å²) in [5, 5.41) is 11.4. The quantitative estimate of drug-likeness (QED) is 0.592. The van der Waals surface area contributed by atoms with Gasteiger partial charge in [0.05, 0.1) is 36.7 Å². The van der Waals surface area contributed by atoms with Gasteiger partial charge in [0.1, 0.15) is 0 Å². The fourth-order valence-electron chi connectivity index (χ4n) is 3.31. The number of nitrogens with one attached hydrogen (secondary N) is 1. The smallest absolute Gasteiger partial charge is 0.198 e. The van der Waals surface area contributed by atoms with Crippen molar-refractivity contribution in [2.45, 2.75) is 19.9 Å². The molecule has 0 aliphatic heterocycles. The van der Waals surface area contributed by atoms with Crippen LogP contribution in [0.4, 0.5) is 5.69 Å². The van der Waals surface area contributed by atoms with Crippen LogP contribution in [0.5, 0.6) is 17.4 Å². The number of H-pyrrole nitrogens is 1. The van der Waals surface area contributed by atoms with Gasteiger partial charge in [-0.15, -0.1) is 0 Å². The second kappa shape index (κ2) is 8.35. The van der Waals surface area contributed by atoms with Gasteiger partial charge in [-0.1, -0.05) is 19.1 Å². The lowest BCUT2D eigenvalue weighted by Gasteiger charge is -2.10. The van der Waals surface area contributed by atoms with E-state index in [9.17, 15) is 5.11 Å². The molecule has 3 rings (SSSR count). The van der Waals surface area contributed by atoms with E-state index in [4.69, 9.17) is 14.5 Å². The van der Waals surface area contributed by atoms with Gasteiger partial charge in [-0.05, 0) is 44.3 Å². The fraction of sp³-hybridized carbons (Fsp3) is 0.318. The Hall–Kier alpha value is -2.99. The van der Waals surface area contributed by atoms with Crippen molar-refractivity contribution in [3.63, 3.8) is 0 Å². The zero-order valence-electron chi connectivity index (χ0n) is 17.0. The first kappa shape index (κ1) is 19.8. The third-order valence-electron chi connectivity index (χ3n) is 4.61. The molecule has 0 saturated carbocycles. The summed E-state index contributed by atoms with van der Waals surface area (Å²) in [7, 11) is 7.28. The zero-order valence-corrected chi connectivity index (χ0v) is 17.0. The van der Waals surface area contributed by atoms with Crippen LogP contribution >= 0.6 is 0 Å². The van der Waals surface area contributed by atoms with E-state index in [2.05, 4.69) is 22.0 Å². The van der Waals surface area contributed by atoms with Gasteiger partial charge in [-0.2, -0.15) is 0 Å². The summed E-state index contributed by atoms with van der Waals surface area (Å²) in [5.41, 5.74) is 4.35. The van der Waals surface area contributed by atoms with Crippen LogP contribution in [0.1, 0.15) is 24.5 Å². The number of aromatic nitrogens is 1. The lowest BCUT2D eigenvalue weighted by Crippen LogP contribution is -2.10. The Morgan fingerprint density at radius 3 is 2.29 bits per heavy atom. The number of aromatic amines is 1. The number of rotatable bonds is 7. The third kappa shape index (κ3) is 3.97. The molecule has 6 nitrogen and oxygen atoms in total. The maximum Gasteiger partial charge on any atom is 0.198 e. The summed E-state index contributed by atoms with van der Waals surface area (Å²) in [6, 6.07) is 11.9. The molecule has 0 aliphatic rings. The van der Waals surface area contributed by atoms with Gasteiger partial charge in [-0.3, -0.25) is 4.99 Å². The second-order valence-corrected chi connectivity index (χ2v) is 6.92. The van der Waals surface area contributed by atoms with Crippen LogP contribution in [0.3, 0.4) is 0 Å². The average Bonchev–Trinajstić information content (AvgIpc) is 3.00. The van der Waals surface area contributed by atoms with Crippen molar-refractivity contribution in [2.24, 2.45) is 4.99 Å². The predicted molar refractivity (Wildman–Crippen MR) is 113 cm³/mol. The van der Waals surface area contributed by atoms with Crippen LogP contribution in [0.25, 0.3) is 10.9 Å². The first-order chi connectivity index (χ1) is 13.5. The number of aromatic hydroxyl groups is 1. The minimum absolute atomic E-state index is 0.0927. The van der Waals surface area contributed by atoms with Gasteiger partial charge in [-0.25, -0.2) is 0 Å². The molecular formula is C22H27N3O3. The molecule has 0 atom stereocenters. The van der Waals surface area contributed by atoms with Crippen molar-refractivity contribution < 1.29 is 14.6 Å². The van der Waals surface area contributed by atoms with Crippen molar-refractivity contribution in [2.75, 3.05) is 28.3 Å². The Bertz CT molecular complexity index is 988. The van der Waals surface area contributed by atoms with E-state index < -0.39 is 0 Å². The van der Waals surface area contributed by atoms with Crippen molar-refractivity contribution in [3.05, 3.63) is 47.5 Å². The molecule has 0 fully saturated rings. The highest BCUT2D eigenvalue weighted by Crippen LogP contribution is 2.37. The summed E-state index contributed by atoms with van der Waals surface area (Å²) >= 11 is 0. The minimum atomic E-state index is 0.0927. The predicted octanol–water partition coefficient (Wildman–Crippen LogP) is 4.48. The standard InChI is InChI=1S/C22H27N3O3/c1-6-17(23-15-9-7-14(8-10-15)13-25(2)3)21-16-11-19(27-4)20(28-5)12-18(16)24-22(21)26/h7-12,24,26H,6,13H2,1-5H3. The largest absolute Gasteiger partial charge is 0.494 e. The molecule has 2 aromatic carbocycles. The lowest BCUT2D eigenvalue weighted by molar-refractivity contribution is 0.356. The normalized spacial score (nSPS) is 12.0. The number of fused-ring (bicyclic) bond motifs is 1. The maximum atomic E-state index is 10.6. The molecule has 0 amide bonds. The number of hydrogen-bond acceptors (Lipinski definition) is 5. The van der Waals surface area contributed by atoms with Crippen molar-refractivity contribution >= 4 is 22.3 Å². The lowest BCUT2D eigenvalue weighted by atomic mass is 10.1. The Labute approximate surface area is 165 Å². The highest BCUT2D eigenvalue weighted by molar-refractivity contribution is 6.14. The number of ether oxygens (including phenoxy) is 2. The molecule has 28 heavy (non-hydrogen) atoms. The number of aliphatic imine (C=N–C) groups is 1. The molecular weight excluding hydrogens is 354 g/mol. The summed E-state index contributed by atoms with van der Waals surface area (Å²) < 4.78 is 10.8. The Morgan fingerprint density at radius 1 is 1.07 bits per heavy atom. The van der Waals surface area contributed by atoms with E-state index in [1.165, 1.54) is 5.56 Å². The van der Waals surface area contributed by atoms with Crippen LogP contribution in [0.15, 0.2) is 41.4 Å². The van der Waals surface area contributed by atoms with E-state index in [1.54, 1.807) is 14.2 Å². The van der Waals surface area contributed by atoms with Crippen LogP contribution in [-0.4, -0.2) is 49.0 Å². The van der Waals surface area contributed by atoms with Crippen LogP contribution in [0.2, 0.25) is 0 Å². The van der Waals surface area contributed by atoms with Gasteiger partial charge in [0, 0.05) is 18.0 Å². The van der Waals surface area contributed by atoms with Gasteiger partial charge in [0.2, 0.25) is 0 Å². The Balaban J connectivity index is 2.05. The monoisotopic (exact) mass is 381 g/mol. The molecule has 0 radical (unpaired) electrons. The maximum absolute atomic E-state index is 10.6. The number of benzene rings is 2. The number of nitrogens with zero attached hydrogens (tertiary/aromatic N) is 2. The molecule has 0 aliphatic carbocycles. The highest BCUT2D eigenvalue weighted by Gasteiger charge is 2.18. The number of hydrogen-bond donors (Lipinski definition) is 2. The van der Waals surface area contributed by atoms with E-state index in [0.29, 0.717) is 23.5 Å². The number of methoxy groups -OCH3 is 2. The topological polar surface area (TPSA) is 70.1 Å². The zero-order chi connectivity index (χ0) is 20.3. The molecule has 0 saturated heterocycles. The van der Waals surface area contributed by atoms with Crippen LogP contribution < -0.4 is 9.47 Å². The Morgan fingerprint density at radius 2 is 1.71 bits per heavy atom.